The molecule has 0 spiro atoms. The number of hydrogen-bond acceptors (Lipinski definition) is 5. The maximum absolute atomic E-state index is 13.7. The molecule has 0 atom stereocenters. The van der Waals surface area contributed by atoms with E-state index in [4.69, 9.17) is 4.74 Å². The van der Waals surface area contributed by atoms with Crippen molar-refractivity contribution in [3.8, 4) is 5.75 Å². The number of rotatable bonds is 5. The van der Waals surface area contributed by atoms with Gasteiger partial charge in [0.1, 0.15) is 10.6 Å². The van der Waals surface area contributed by atoms with Gasteiger partial charge in [0.2, 0.25) is 0 Å². The molecule has 3 aromatic rings. The number of nitrogens with zero attached hydrogens (tertiary/aromatic N) is 1. The lowest BCUT2D eigenvalue weighted by molar-refractivity contribution is -0.0596. The van der Waals surface area contributed by atoms with E-state index in [0.717, 1.165) is 11.6 Å². The molecule has 0 amide bonds. The smallest absolute Gasteiger partial charge is 0.437 e. The molecule has 0 saturated heterocycles. The Labute approximate surface area is 165 Å². The summed E-state index contributed by atoms with van der Waals surface area (Å²) in [4.78, 5) is -0.298. The van der Waals surface area contributed by atoms with E-state index in [1.165, 1.54) is 43.5 Å². The van der Waals surface area contributed by atoms with Gasteiger partial charge in [-0.1, -0.05) is 47.1 Å². The topological polar surface area (TPSA) is 65.0 Å². The second-order valence-corrected chi connectivity index (χ2v) is 7.67. The van der Waals surface area contributed by atoms with E-state index in [9.17, 15) is 21.6 Å². The highest BCUT2D eigenvalue weighted by Crippen LogP contribution is 2.33. The number of hydrogen-bond donors (Lipinski definition) is 0. The lowest BCUT2D eigenvalue weighted by Crippen LogP contribution is -2.25. The minimum atomic E-state index is -4.96. The first-order chi connectivity index (χ1) is 13.6. The molecule has 0 radical (unpaired) electrons. The van der Waals surface area contributed by atoms with E-state index >= 15 is 0 Å². The summed E-state index contributed by atoms with van der Waals surface area (Å²) in [7, 11) is -3.12. The van der Waals surface area contributed by atoms with E-state index in [1.807, 2.05) is 0 Å². The average Bonchev–Trinajstić information content (AvgIpc) is 2.67. The maximum atomic E-state index is 13.7. The van der Waals surface area contributed by atoms with Crippen LogP contribution in [0.25, 0.3) is 10.8 Å². The summed E-state index contributed by atoms with van der Waals surface area (Å²) in [5, 5.41) is 3.62. The second-order valence-electron chi connectivity index (χ2n) is 6.14. The summed E-state index contributed by atoms with van der Waals surface area (Å²) in [6.07, 6.45) is -4.96. The lowest BCUT2D eigenvalue weighted by Gasteiger charge is -2.14. The molecule has 3 aromatic carbocycles. The summed E-state index contributed by atoms with van der Waals surface area (Å²) in [5.41, 5.74) is -1.01. The van der Waals surface area contributed by atoms with Crippen LogP contribution >= 0.6 is 0 Å². The number of halogens is 3. The van der Waals surface area contributed by atoms with E-state index < -0.39 is 22.0 Å². The summed E-state index contributed by atoms with van der Waals surface area (Å²) in [5.74, 6) is 0.374. The molecule has 5 nitrogen and oxygen atoms in total. The Kier molecular flexibility index (Phi) is 5.52. The zero-order valence-corrected chi connectivity index (χ0v) is 16.2. The molecule has 0 unspecified atom stereocenters. The first-order valence-electron chi connectivity index (χ1n) is 8.35. The van der Waals surface area contributed by atoms with Crippen molar-refractivity contribution < 1.29 is 30.6 Å². The van der Waals surface area contributed by atoms with Crippen molar-refractivity contribution in [3.63, 3.8) is 0 Å². The Bertz CT molecular complexity index is 1170. The van der Waals surface area contributed by atoms with Crippen LogP contribution in [0.5, 0.6) is 5.75 Å². The fourth-order valence-electron chi connectivity index (χ4n) is 2.74. The summed E-state index contributed by atoms with van der Waals surface area (Å²) in [6.45, 7) is 1.74. The number of ether oxygens (including phenoxy) is 1. The molecule has 0 aromatic heterocycles. The molecule has 0 heterocycles. The molecule has 0 saturated carbocycles. The summed E-state index contributed by atoms with van der Waals surface area (Å²) in [6, 6.07) is 14.2. The highest BCUT2D eigenvalue weighted by molar-refractivity contribution is 7.86. The SMILES string of the molecule is COc1ccc(/C(=N\OS(=O)(=O)c2ccc(C)cc2)C(F)(F)F)c2ccccc12. The van der Waals surface area contributed by atoms with Crippen molar-refractivity contribution >= 4 is 26.6 Å². The summed E-state index contributed by atoms with van der Waals surface area (Å²) >= 11 is 0. The second kappa shape index (κ2) is 7.75. The predicted molar refractivity (Wildman–Crippen MR) is 103 cm³/mol. The Balaban J connectivity index is 2.11. The fraction of sp³-hybridized carbons (Fsp3) is 0.150. The van der Waals surface area contributed by atoms with Gasteiger partial charge >= 0.3 is 16.3 Å². The number of fused-ring (bicyclic) bond motifs is 1. The van der Waals surface area contributed by atoms with Crippen LogP contribution in [0, 0.1) is 6.92 Å². The zero-order valence-electron chi connectivity index (χ0n) is 15.4. The molecular weight excluding hydrogens is 407 g/mol. The first-order valence-corrected chi connectivity index (χ1v) is 9.76. The van der Waals surface area contributed by atoms with E-state index in [1.54, 1.807) is 25.1 Å². The molecule has 0 aliphatic heterocycles. The van der Waals surface area contributed by atoms with Gasteiger partial charge in [-0.2, -0.15) is 21.6 Å². The van der Waals surface area contributed by atoms with Gasteiger partial charge in [-0.25, -0.2) is 0 Å². The first kappa shape index (κ1) is 20.7. The minimum absolute atomic E-state index is 0.194. The molecule has 0 bridgehead atoms. The van der Waals surface area contributed by atoms with Gasteiger partial charge in [0.25, 0.3) is 0 Å². The van der Waals surface area contributed by atoms with E-state index in [2.05, 4.69) is 9.44 Å². The van der Waals surface area contributed by atoms with Crippen LogP contribution in [0.2, 0.25) is 0 Å². The van der Waals surface area contributed by atoms with Gasteiger partial charge in [-0.3, -0.25) is 4.28 Å². The molecule has 0 aliphatic carbocycles. The highest BCUT2D eigenvalue weighted by Gasteiger charge is 2.39. The zero-order chi connectivity index (χ0) is 21.2. The molecule has 0 fully saturated rings. The van der Waals surface area contributed by atoms with Crippen molar-refractivity contribution in [1.82, 2.24) is 0 Å². The molecule has 152 valence electrons. The molecule has 0 aliphatic rings. The van der Waals surface area contributed by atoms with Gasteiger partial charge < -0.3 is 4.74 Å². The summed E-state index contributed by atoms with van der Waals surface area (Å²) < 4.78 is 75.2. The number of alkyl halides is 3. The molecular formula is C20H16F3NO4S. The van der Waals surface area contributed by atoms with Crippen molar-refractivity contribution in [2.45, 2.75) is 18.0 Å². The molecule has 0 N–H and O–H groups in total. The number of methoxy groups -OCH3 is 1. The van der Waals surface area contributed by atoms with Gasteiger partial charge in [0, 0.05) is 10.9 Å². The monoisotopic (exact) mass is 423 g/mol. The Morgan fingerprint density at radius 1 is 0.931 bits per heavy atom. The lowest BCUT2D eigenvalue weighted by atomic mass is 10.00. The molecule has 3 rings (SSSR count). The van der Waals surface area contributed by atoms with Gasteiger partial charge in [0.15, 0.2) is 5.71 Å². The largest absolute Gasteiger partial charge is 0.496 e. The van der Waals surface area contributed by atoms with Gasteiger partial charge in [0.05, 0.1) is 7.11 Å². The van der Waals surface area contributed by atoms with Crippen molar-refractivity contribution in [2.75, 3.05) is 7.11 Å². The minimum Gasteiger partial charge on any atom is -0.496 e. The Hall–Kier alpha value is -3.07. The van der Waals surface area contributed by atoms with Crippen molar-refractivity contribution in [2.24, 2.45) is 5.16 Å². The van der Waals surface area contributed by atoms with Gasteiger partial charge in [-0.15, -0.1) is 0 Å². The van der Waals surface area contributed by atoms with E-state index in [-0.39, 0.29) is 15.8 Å². The highest BCUT2D eigenvalue weighted by atomic mass is 32.2. The van der Waals surface area contributed by atoms with Crippen LogP contribution in [0.1, 0.15) is 11.1 Å². The van der Waals surface area contributed by atoms with Crippen molar-refractivity contribution in [1.29, 1.82) is 0 Å². The van der Waals surface area contributed by atoms with E-state index in [0.29, 0.717) is 11.1 Å². The number of oxime groups is 1. The number of aryl methyl sites for hydroxylation is 1. The third kappa shape index (κ3) is 4.34. The number of benzene rings is 3. The molecule has 9 heteroatoms. The van der Waals surface area contributed by atoms with Crippen LogP contribution in [-0.4, -0.2) is 27.4 Å². The molecule has 29 heavy (non-hydrogen) atoms. The third-order valence-corrected chi connectivity index (χ3v) is 5.28. The Morgan fingerprint density at radius 2 is 1.55 bits per heavy atom. The fourth-order valence-corrected chi connectivity index (χ4v) is 3.47. The normalized spacial score (nSPS) is 12.8. The van der Waals surface area contributed by atoms with Crippen LogP contribution in [0.3, 0.4) is 0 Å². The quantitative estimate of drug-likeness (QED) is 0.436. The predicted octanol–water partition coefficient (Wildman–Crippen LogP) is 4.83. The van der Waals surface area contributed by atoms with Gasteiger partial charge in [-0.05, 0) is 36.6 Å². The average molecular weight is 423 g/mol. The van der Waals surface area contributed by atoms with Crippen LogP contribution < -0.4 is 4.74 Å². The standard InChI is InChI=1S/C20H16F3NO4S/c1-13-7-9-14(10-8-13)29(25,26)28-24-19(20(21,22)23)17-11-12-18(27-2)16-6-4-3-5-15(16)17/h3-12H,1-2H3/b24-19+. The van der Waals surface area contributed by atoms with Crippen molar-refractivity contribution in [3.05, 3.63) is 71.8 Å². The van der Waals surface area contributed by atoms with Crippen LogP contribution in [0.4, 0.5) is 13.2 Å². The Morgan fingerprint density at radius 3 is 2.14 bits per heavy atom. The van der Waals surface area contributed by atoms with Crippen LogP contribution in [0.15, 0.2) is 70.7 Å². The maximum Gasteiger partial charge on any atom is 0.437 e. The van der Waals surface area contributed by atoms with Crippen LogP contribution in [-0.2, 0) is 14.4 Å². The third-order valence-electron chi connectivity index (χ3n) is 4.16.